The third-order valence-electron chi connectivity index (χ3n) is 4.30. The van der Waals surface area contributed by atoms with Gasteiger partial charge in [0.1, 0.15) is 13.2 Å². The summed E-state index contributed by atoms with van der Waals surface area (Å²) < 4.78 is 34.6. The van der Waals surface area contributed by atoms with Crippen molar-refractivity contribution in [2.45, 2.75) is 24.8 Å². The van der Waals surface area contributed by atoms with Crippen LogP contribution >= 0.6 is 0 Å². The van der Waals surface area contributed by atoms with E-state index in [1.807, 2.05) is 25.1 Å². The van der Waals surface area contributed by atoms with Crippen molar-refractivity contribution in [2.24, 2.45) is 0 Å². The maximum absolute atomic E-state index is 12.7. The van der Waals surface area contributed by atoms with E-state index in [-0.39, 0.29) is 16.8 Å². The van der Waals surface area contributed by atoms with Crippen LogP contribution in [0.2, 0.25) is 0 Å². The van der Waals surface area contributed by atoms with Crippen LogP contribution in [0, 0.1) is 6.92 Å². The summed E-state index contributed by atoms with van der Waals surface area (Å²) in [6.07, 6.45) is 1.12. The van der Waals surface area contributed by atoms with Crippen molar-refractivity contribution in [3.63, 3.8) is 0 Å². The molecule has 0 saturated heterocycles. The highest BCUT2D eigenvalue weighted by molar-refractivity contribution is 7.90. The van der Waals surface area contributed by atoms with Gasteiger partial charge in [-0.05, 0) is 49.2 Å². The van der Waals surface area contributed by atoms with Crippen LogP contribution in [0.25, 0.3) is 0 Å². The van der Waals surface area contributed by atoms with Crippen LogP contribution in [0.15, 0.2) is 41.3 Å². The number of aryl methyl sites for hydroxylation is 1. The van der Waals surface area contributed by atoms with E-state index in [0.29, 0.717) is 35.8 Å². The zero-order chi connectivity index (χ0) is 18.9. The molecule has 1 heterocycles. The molecule has 0 aliphatic carbocycles. The van der Waals surface area contributed by atoms with Crippen molar-refractivity contribution < 1.29 is 22.7 Å². The Labute approximate surface area is 153 Å². The number of carbonyl (C=O) groups excluding carboxylic acids is 1. The number of benzene rings is 2. The highest BCUT2D eigenvalue weighted by atomic mass is 32.2. The standard InChI is InChI=1S/C19H21NO5S/c1-12-4-6-15(26(3,22)23)11-16(12)19(21)20-13(2)14-5-7-17-18(10-14)25-9-8-24-17/h4-7,10-11,13H,8-9H2,1-3H3,(H,20,21). The van der Waals surface area contributed by atoms with Gasteiger partial charge >= 0.3 is 0 Å². The molecule has 1 atom stereocenters. The van der Waals surface area contributed by atoms with Gasteiger partial charge in [-0.3, -0.25) is 4.79 Å². The Morgan fingerprint density at radius 3 is 2.46 bits per heavy atom. The number of nitrogens with one attached hydrogen (secondary N) is 1. The molecule has 0 spiro atoms. The molecule has 0 fully saturated rings. The average molecular weight is 375 g/mol. The Hall–Kier alpha value is -2.54. The second-order valence-corrected chi connectivity index (χ2v) is 8.36. The van der Waals surface area contributed by atoms with Crippen molar-refractivity contribution in [2.75, 3.05) is 19.5 Å². The number of carbonyl (C=O) groups is 1. The van der Waals surface area contributed by atoms with E-state index in [1.54, 1.807) is 13.0 Å². The van der Waals surface area contributed by atoms with Crippen molar-refractivity contribution in [1.82, 2.24) is 5.32 Å². The molecule has 1 N–H and O–H groups in total. The molecule has 0 aromatic heterocycles. The van der Waals surface area contributed by atoms with Gasteiger partial charge in [-0.25, -0.2) is 8.42 Å². The first-order chi connectivity index (χ1) is 12.3. The maximum atomic E-state index is 12.7. The number of rotatable bonds is 4. The molecule has 1 aliphatic heterocycles. The minimum Gasteiger partial charge on any atom is -0.486 e. The van der Waals surface area contributed by atoms with Crippen LogP contribution in [-0.4, -0.2) is 33.8 Å². The van der Waals surface area contributed by atoms with E-state index in [9.17, 15) is 13.2 Å². The molecule has 0 radical (unpaired) electrons. The summed E-state index contributed by atoms with van der Waals surface area (Å²) >= 11 is 0. The number of hydrogen-bond acceptors (Lipinski definition) is 5. The van der Waals surface area contributed by atoms with Gasteiger partial charge in [-0.2, -0.15) is 0 Å². The van der Waals surface area contributed by atoms with E-state index >= 15 is 0 Å². The highest BCUT2D eigenvalue weighted by Gasteiger charge is 2.19. The van der Waals surface area contributed by atoms with Crippen LogP contribution in [0.4, 0.5) is 0 Å². The fourth-order valence-corrected chi connectivity index (χ4v) is 3.41. The van der Waals surface area contributed by atoms with Crippen molar-refractivity contribution >= 4 is 15.7 Å². The minimum atomic E-state index is -3.38. The summed E-state index contributed by atoms with van der Waals surface area (Å²) in [5.41, 5.74) is 1.93. The van der Waals surface area contributed by atoms with E-state index in [2.05, 4.69) is 5.32 Å². The van der Waals surface area contributed by atoms with Crippen LogP contribution in [0.5, 0.6) is 11.5 Å². The molecule has 0 bridgehead atoms. The topological polar surface area (TPSA) is 81.7 Å². The molecule has 2 aromatic rings. The lowest BCUT2D eigenvalue weighted by molar-refractivity contribution is 0.0939. The molecule has 138 valence electrons. The van der Waals surface area contributed by atoms with Gasteiger partial charge in [0, 0.05) is 11.8 Å². The number of ether oxygens (including phenoxy) is 2. The summed E-state index contributed by atoms with van der Waals surface area (Å²) in [7, 11) is -3.38. The molecule has 1 amide bonds. The van der Waals surface area contributed by atoms with Crippen LogP contribution in [0.1, 0.15) is 34.5 Å². The Morgan fingerprint density at radius 1 is 1.08 bits per heavy atom. The molecule has 1 aliphatic rings. The van der Waals surface area contributed by atoms with Gasteiger partial charge in [-0.1, -0.05) is 12.1 Å². The summed E-state index contributed by atoms with van der Waals surface area (Å²) in [5, 5.41) is 2.91. The summed E-state index contributed by atoms with van der Waals surface area (Å²) in [6, 6.07) is 9.82. The smallest absolute Gasteiger partial charge is 0.252 e. The average Bonchev–Trinajstić information content (AvgIpc) is 2.60. The van der Waals surface area contributed by atoms with Crippen LogP contribution in [0.3, 0.4) is 0 Å². The molecule has 7 heteroatoms. The van der Waals surface area contributed by atoms with E-state index in [4.69, 9.17) is 9.47 Å². The van der Waals surface area contributed by atoms with Crippen LogP contribution in [-0.2, 0) is 9.84 Å². The van der Waals surface area contributed by atoms with Crippen molar-refractivity contribution in [3.8, 4) is 11.5 Å². The first-order valence-electron chi connectivity index (χ1n) is 8.27. The first kappa shape index (κ1) is 18.3. The number of fused-ring (bicyclic) bond motifs is 1. The normalized spacial score (nSPS) is 14.6. The summed E-state index contributed by atoms with van der Waals surface area (Å²) in [4.78, 5) is 12.8. The minimum absolute atomic E-state index is 0.125. The predicted octanol–water partition coefficient (Wildman–Crippen LogP) is 2.66. The van der Waals surface area contributed by atoms with Gasteiger partial charge in [0.05, 0.1) is 10.9 Å². The molecule has 1 unspecified atom stereocenters. The summed E-state index contributed by atoms with van der Waals surface area (Å²) in [5.74, 6) is 1.02. The van der Waals surface area contributed by atoms with E-state index in [0.717, 1.165) is 11.8 Å². The predicted molar refractivity (Wildman–Crippen MR) is 97.6 cm³/mol. The Balaban J connectivity index is 1.81. The Kier molecular flexibility index (Phi) is 4.91. The Morgan fingerprint density at radius 2 is 1.77 bits per heavy atom. The zero-order valence-corrected chi connectivity index (χ0v) is 15.7. The quantitative estimate of drug-likeness (QED) is 0.888. The third-order valence-corrected chi connectivity index (χ3v) is 5.41. The molecule has 6 nitrogen and oxygen atoms in total. The molecular weight excluding hydrogens is 354 g/mol. The van der Waals surface area contributed by atoms with Gasteiger partial charge in [0.2, 0.25) is 0 Å². The SMILES string of the molecule is Cc1ccc(S(C)(=O)=O)cc1C(=O)NC(C)c1ccc2c(c1)OCCO2. The monoisotopic (exact) mass is 375 g/mol. The van der Waals surface area contributed by atoms with E-state index < -0.39 is 9.84 Å². The number of sulfone groups is 1. The lowest BCUT2D eigenvalue weighted by Crippen LogP contribution is -2.27. The molecule has 26 heavy (non-hydrogen) atoms. The van der Waals surface area contributed by atoms with Crippen molar-refractivity contribution in [3.05, 3.63) is 53.1 Å². The first-order valence-corrected chi connectivity index (χ1v) is 10.2. The highest BCUT2D eigenvalue weighted by Crippen LogP contribution is 2.32. The lowest BCUT2D eigenvalue weighted by atomic mass is 10.0. The third kappa shape index (κ3) is 3.83. The fraction of sp³-hybridized carbons (Fsp3) is 0.316. The molecule has 3 rings (SSSR count). The lowest BCUT2D eigenvalue weighted by Gasteiger charge is -2.21. The van der Waals surface area contributed by atoms with Gasteiger partial charge in [0.25, 0.3) is 5.91 Å². The second kappa shape index (κ2) is 6.99. The maximum Gasteiger partial charge on any atom is 0.252 e. The molecular formula is C19H21NO5S. The number of amides is 1. The van der Waals surface area contributed by atoms with Gasteiger partial charge in [0.15, 0.2) is 21.3 Å². The van der Waals surface area contributed by atoms with Gasteiger partial charge < -0.3 is 14.8 Å². The van der Waals surface area contributed by atoms with Gasteiger partial charge in [-0.15, -0.1) is 0 Å². The number of hydrogen-bond donors (Lipinski definition) is 1. The molecule has 0 saturated carbocycles. The molecule has 2 aromatic carbocycles. The van der Waals surface area contributed by atoms with Crippen LogP contribution < -0.4 is 14.8 Å². The Bertz CT molecular complexity index is 952. The largest absolute Gasteiger partial charge is 0.486 e. The van der Waals surface area contributed by atoms with Crippen molar-refractivity contribution in [1.29, 1.82) is 0 Å². The van der Waals surface area contributed by atoms with E-state index in [1.165, 1.54) is 12.1 Å². The fourth-order valence-electron chi connectivity index (χ4n) is 2.76. The second-order valence-electron chi connectivity index (χ2n) is 6.35. The zero-order valence-electron chi connectivity index (χ0n) is 14.9. The summed E-state index contributed by atoms with van der Waals surface area (Å²) in [6.45, 7) is 4.65.